The van der Waals surface area contributed by atoms with E-state index in [1.165, 1.54) is 0 Å². The van der Waals surface area contributed by atoms with Crippen LogP contribution in [-0.2, 0) is 9.53 Å². The minimum Gasteiger partial charge on any atom is -0.494 e. The van der Waals surface area contributed by atoms with Gasteiger partial charge in [0.05, 0.1) is 25.3 Å². The van der Waals surface area contributed by atoms with E-state index in [2.05, 4.69) is 27.7 Å². The van der Waals surface area contributed by atoms with E-state index in [1.54, 1.807) is 0 Å². The first-order valence-electron chi connectivity index (χ1n) is 9.69. The first-order valence-corrected chi connectivity index (χ1v) is 9.69. The SMILES string of the molecule is O=C1COc2cc(C3=CCOC3)cc(c2)-c2n[nH]c3ccc(cc23)OCCCN1. The lowest BCUT2D eigenvalue weighted by molar-refractivity contribution is -0.123. The maximum absolute atomic E-state index is 12.1. The molecule has 0 unspecified atom stereocenters. The number of aromatic amines is 1. The van der Waals surface area contributed by atoms with Gasteiger partial charge in [0.25, 0.3) is 5.91 Å². The minimum absolute atomic E-state index is 0.0387. The van der Waals surface area contributed by atoms with Crippen LogP contribution in [0.5, 0.6) is 11.5 Å². The van der Waals surface area contributed by atoms with Gasteiger partial charge in [-0.15, -0.1) is 0 Å². The lowest BCUT2D eigenvalue weighted by atomic mass is 10.00. The Hall–Kier alpha value is -3.32. The molecule has 7 nitrogen and oxygen atoms in total. The van der Waals surface area contributed by atoms with Crippen LogP contribution in [0.4, 0.5) is 0 Å². The largest absolute Gasteiger partial charge is 0.494 e. The second-order valence-electron chi connectivity index (χ2n) is 7.11. The molecule has 7 heteroatoms. The fourth-order valence-electron chi connectivity index (χ4n) is 3.59. The number of H-pyrrole nitrogens is 1. The molecule has 29 heavy (non-hydrogen) atoms. The Bertz CT molecular complexity index is 1100. The summed E-state index contributed by atoms with van der Waals surface area (Å²) in [6, 6.07) is 11.8. The maximum Gasteiger partial charge on any atom is 0.257 e. The molecule has 0 saturated carbocycles. The molecule has 1 aromatic heterocycles. The van der Waals surface area contributed by atoms with Crippen LogP contribution in [0.3, 0.4) is 0 Å². The average molecular weight is 391 g/mol. The van der Waals surface area contributed by atoms with E-state index in [1.807, 2.05) is 30.3 Å². The van der Waals surface area contributed by atoms with E-state index in [-0.39, 0.29) is 12.5 Å². The van der Waals surface area contributed by atoms with Crippen molar-refractivity contribution in [3.63, 3.8) is 0 Å². The van der Waals surface area contributed by atoms with Gasteiger partial charge < -0.3 is 19.5 Å². The molecule has 2 N–H and O–H groups in total. The number of nitrogens with zero attached hydrogens (tertiary/aromatic N) is 1. The number of hydrogen-bond acceptors (Lipinski definition) is 5. The van der Waals surface area contributed by atoms with E-state index >= 15 is 0 Å². The van der Waals surface area contributed by atoms with Crippen LogP contribution in [0.25, 0.3) is 27.7 Å². The van der Waals surface area contributed by atoms with Gasteiger partial charge in [0.15, 0.2) is 6.61 Å². The number of fused-ring (bicyclic) bond motifs is 4. The third kappa shape index (κ3) is 3.69. The molecule has 0 saturated heterocycles. The summed E-state index contributed by atoms with van der Waals surface area (Å²) in [6.45, 7) is 2.18. The monoisotopic (exact) mass is 391 g/mol. The number of rotatable bonds is 1. The molecule has 0 radical (unpaired) electrons. The van der Waals surface area contributed by atoms with Crippen LogP contribution in [0.2, 0.25) is 0 Å². The van der Waals surface area contributed by atoms with Gasteiger partial charge >= 0.3 is 0 Å². The smallest absolute Gasteiger partial charge is 0.257 e. The fourth-order valence-corrected chi connectivity index (χ4v) is 3.59. The molecule has 0 spiro atoms. The maximum atomic E-state index is 12.1. The second kappa shape index (κ2) is 7.60. The average Bonchev–Trinajstić information content (AvgIpc) is 3.41. The quantitative estimate of drug-likeness (QED) is 0.666. The molecule has 4 bridgehead atoms. The number of hydrogen-bond donors (Lipinski definition) is 2. The van der Waals surface area contributed by atoms with E-state index < -0.39 is 0 Å². The molecule has 5 rings (SSSR count). The van der Waals surface area contributed by atoms with Gasteiger partial charge in [-0.25, -0.2) is 0 Å². The molecule has 0 fully saturated rings. The van der Waals surface area contributed by atoms with Gasteiger partial charge in [-0.1, -0.05) is 6.08 Å². The molecule has 1 amide bonds. The fraction of sp³-hybridized carbons (Fsp3) is 0.273. The zero-order chi connectivity index (χ0) is 19.6. The Morgan fingerprint density at radius 3 is 2.79 bits per heavy atom. The summed E-state index contributed by atoms with van der Waals surface area (Å²) in [5.74, 6) is 1.25. The molecule has 3 aromatic rings. The van der Waals surface area contributed by atoms with E-state index in [0.717, 1.165) is 39.0 Å². The first kappa shape index (κ1) is 17.8. The molecule has 2 aliphatic rings. The van der Waals surface area contributed by atoms with Crippen molar-refractivity contribution < 1.29 is 19.0 Å². The number of carbonyl (C=O) groups excluding carboxylic acids is 1. The van der Waals surface area contributed by atoms with E-state index in [4.69, 9.17) is 14.2 Å². The summed E-state index contributed by atoms with van der Waals surface area (Å²) >= 11 is 0. The second-order valence-corrected chi connectivity index (χ2v) is 7.11. The standard InChI is InChI=1S/C22H21N3O4/c26-21-13-29-18-9-15(14-4-7-27-12-14)8-16(10-18)22-19-11-17(28-6-1-5-23-21)2-3-20(19)24-25-22/h2-4,8-11H,1,5-7,12-13H2,(H,23,26)(H,24,25). The third-order valence-corrected chi connectivity index (χ3v) is 5.07. The van der Waals surface area contributed by atoms with Gasteiger partial charge in [-0.3, -0.25) is 9.89 Å². The third-order valence-electron chi connectivity index (χ3n) is 5.07. The summed E-state index contributed by atoms with van der Waals surface area (Å²) < 4.78 is 17.2. The number of carbonyl (C=O) groups is 1. The van der Waals surface area contributed by atoms with Gasteiger partial charge in [-0.05, 0) is 54.0 Å². The number of ether oxygens (including phenoxy) is 3. The molecule has 3 heterocycles. The van der Waals surface area contributed by atoms with Crippen LogP contribution in [0.1, 0.15) is 12.0 Å². The van der Waals surface area contributed by atoms with Gasteiger partial charge in [0, 0.05) is 17.5 Å². The molecular weight excluding hydrogens is 370 g/mol. The van der Waals surface area contributed by atoms with Gasteiger partial charge in [-0.2, -0.15) is 5.10 Å². The van der Waals surface area contributed by atoms with Crippen molar-refractivity contribution in [1.29, 1.82) is 0 Å². The normalized spacial score (nSPS) is 17.1. The number of nitrogens with one attached hydrogen (secondary N) is 2. The predicted octanol–water partition coefficient (Wildman–Crippen LogP) is 2.92. The lowest BCUT2D eigenvalue weighted by Gasteiger charge is -2.11. The highest BCUT2D eigenvalue weighted by Crippen LogP contribution is 2.34. The van der Waals surface area contributed by atoms with Crippen molar-refractivity contribution in [3.05, 3.63) is 48.0 Å². The number of aromatic nitrogens is 2. The highest BCUT2D eigenvalue weighted by atomic mass is 16.5. The Morgan fingerprint density at radius 2 is 1.90 bits per heavy atom. The van der Waals surface area contributed by atoms with Crippen LogP contribution in [0, 0.1) is 0 Å². The van der Waals surface area contributed by atoms with E-state index in [9.17, 15) is 4.79 Å². The van der Waals surface area contributed by atoms with Gasteiger partial charge in [0.1, 0.15) is 17.2 Å². The summed E-state index contributed by atoms with van der Waals surface area (Å²) in [7, 11) is 0. The Kier molecular flexibility index (Phi) is 4.65. The van der Waals surface area contributed by atoms with Crippen molar-refractivity contribution >= 4 is 22.4 Å². The van der Waals surface area contributed by atoms with Crippen LogP contribution >= 0.6 is 0 Å². The van der Waals surface area contributed by atoms with Gasteiger partial charge in [0.2, 0.25) is 0 Å². The predicted molar refractivity (Wildman–Crippen MR) is 109 cm³/mol. The topological polar surface area (TPSA) is 85.5 Å². The molecule has 2 aliphatic heterocycles. The Labute approximate surface area is 167 Å². The zero-order valence-electron chi connectivity index (χ0n) is 15.9. The van der Waals surface area contributed by atoms with Crippen LogP contribution < -0.4 is 14.8 Å². The summed E-state index contributed by atoms with van der Waals surface area (Å²) in [6.07, 6.45) is 2.78. The van der Waals surface area contributed by atoms with Crippen molar-refractivity contribution in [1.82, 2.24) is 15.5 Å². The van der Waals surface area contributed by atoms with Crippen LogP contribution in [0.15, 0.2) is 42.5 Å². The van der Waals surface area contributed by atoms with Crippen molar-refractivity contribution in [2.75, 3.05) is 33.0 Å². The van der Waals surface area contributed by atoms with E-state index in [0.29, 0.717) is 38.5 Å². The van der Waals surface area contributed by atoms with Crippen LogP contribution in [-0.4, -0.2) is 49.1 Å². The summed E-state index contributed by atoms with van der Waals surface area (Å²) in [4.78, 5) is 12.1. The Morgan fingerprint density at radius 1 is 0.966 bits per heavy atom. The lowest BCUT2D eigenvalue weighted by Crippen LogP contribution is -2.30. The molecule has 148 valence electrons. The zero-order valence-corrected chi connectivity index (χ0v) is 15.9. The van der Waals surface area contributed by atoms with Crippen molar-refractivity contribution in [2.24, 2.45) is 0 Å². The summed E-state index contributed by atoms with van der Waals surface area (Å²) in [5.41, 5.74) is 4.76. The highest BCUT2D eigenvalue weighted by Gasteiger charge is 2.16. The summed E-state index contributed by atoms with van der Waals surface area (Å²) in [5, 5.41) is 11.5. The molecule has 2 aromatic carbocycles. The first-order chi connectivity index (χ1) is 14.3. The highest BCUT2D eigenvalue weighted by molar-refractivity contribution is 5.94. The minimum atomic E-state index is -0.155. The molecule has 0 atom stereocenters. The number of benzene rings is 2. The van der Waals surface area contributed by atoms with Crippen molar-refractivity contribution in [2.45, 2.75) is 6.42 Å². The van der Waals surface area contributed by atoms with Crippen molar-refractivity contribution in [3.8, 4) is 22.8 Å². The molecule has 0 aliphatic carbocycles. The molecular formula is C22H21N3O4. The number of amides is 1. The Balaban J connectivity index is 1.63.